The summed E-state index contributed by atoms with van der Waals surface area (Å²) < 4.78 is 45.3. The first-order valence-electron chi connectivity index (χ1n) is 5.98. The summed E-state index contributed by atoms with van der Waals surface area (Å²) in [6, 6.07) is 0.319. The molecule has 1 aliphatic rings. The van der Waals surface area contributed by atoms with Gasteiger partial charge in [-0.05, 0) is 32.7 Å². The molecule has 1 rings (SSSR count). The van der Waals surface area contributed by atoms with Crippen molar-refractivity contribution in [3.05, 3.63) is 0 Å². The smallest absolute Gasteiger partial charge is 0.377 e. The van der Waals surface area contributed by atoms with Gasteiger partial charge in [-0.25, -0.2) is 0 Å². The Kier molecular flexibility index (Phi) is 6.22. The van der Waals surface area contributed by atoms with Crippen LogP contribution in [0.25, 0.3) is 0 Å². The van der Waals surface area contributed by atoms with E-state index in [2.05, 4.69) is 17.0 Å². The van der Waals surface area contributed by atoms with Crippen molar-refractivity contribution in [1.29, 1.82) is 0 Å². The zero-order valence-electron chi connectivity index (χ0n) is 10.1. The molecular weight excluding hydrogens is 235 g/mol. The van der Waals surface area contributed by atoms with E-state index < -0.39 is 12.8 Å². The largest absolute Gasteiger partial charge is 0.411 e. The Morgan fingerprint density at radius 3 is 2.71 bits per heavy atom. The number of halogens is 3. The van der Waals surface area contributed by atoms with Crippen LogP contribution in [0.1, 0.15) is 26.2 Å². The lowest BCUT2D eigenvalue weighted by Crippen LogP contribution is -2.44. The van der Waals surface area contributed by atoms with Gasteiger partial charge < -0.3 is 14.8 Å². The standard InChI is InChI=1S/C11H20F3NO2/c1-9-10(4-2-5-15-9)17-7-3-6-16-8-11(12,13)14/h9-10,15H,2-8H2,1H3. The zero-order valence-corrected chi connectivity index (χ0v) is 10.1. The van der Waals surface area contributed by atoms with Crippen molar-refractivity contribution in [1.82, 2.24) is 5.32 Å². The molecule has 6 heteroatoms. The van der Waals surface area contributed by atoms with Gasteiger partial charge in [-0.2, -0.15) is 13.2 Å². The molecular formula is C11H20F3NO2. The van der Waals surface area contributed by atoms with Gasteiger partial charge >= 0.3 is 6.18 Å². The molecule has 0 saturated carbocycles. The molecule has 0 bridgehead atoms. The van der Waals surface area contributed by atoms with E-state index >= 15 is 0 Å². The van der Waals surface area contributed by atoms with Gasteiger partial charge in [0.05, 0.1) is 6.10 Å². The van der Waals surface area contributed by atoms with Gasteiger partial charge in [-0.15, -0.1) is 0 Å². The third kappa shape index (κ3) is 6.85. The van der Waals surface area contributed by atoms with Crippen LogP contribution in [0.4, 0.5) is 13.2 Å². The van der Waals surface area contributed by atoms with Gasteiger partial charge in [-0.1, -0.05) is 0 Å². The normalized spacial score (nSPS) is 26.1. The maximum absolute atomic E-state index is 11.7. The van der Waals surface area contributed by atoms with Crippen LogP contribution in [0.15, 0.2) is 0 Å². The minimum atomic E-state index is -4.23. The minimum Gasteiger partial charge on any atom is -0.377 e. The number of hydrogen-bond acceptors (Lipinski definition) is 3. The Balaban J connectivity index is 1.96. The molecule has 0 amide bonds. The zero-order chi connectivity index (χ0) is 12.7. The average molecular weight is 255 g/mol. The van der Waals surface area contributed by atoms with Crippen molar-refractivity contribution >= 4 is 0 Å². The monoisotopic (exact) mass is 255 g/mol. The topological polar surface area (TPSA) is 30.5 Å². The lowest BCUT2D eigenvalue weighted by atomic mass is 10.0. The SMILES string of the molecule is CC1NCCCC1OCCCOCC(F)(F)F. The number of nitrogens with one attached hydrogen (secondary N) is 1. The maximum atomic E-state index is 11.7. The minimum absolute atomic E-state index is 0.0913. The molecule has 0 aromatic carbocycles. The van der Waals surface area contributed by atoms with Gasteiger partial charge in [0.2, 0.25) is 0 Å². The van der Waals surface area contributed by atoms with E-state index in [1.54, 1.807) is 0 Å². The summed E-state index contributed by atoms with van der Waals surface area (Å²) in [5.74, 6) is 0. The highest BCUT2D eigenvalue weighted by molar-refractivity contribution is 4.77. The molecule has 2 atom stereocenters. The first-order chi connectivity index (χ1) is 7.99. The van der Waals surface area contributed by atoms with E-state index in [0.717, 1.165) is 19.4 Å². The Labute approximate surface area is 99.7 Å². The number of hydrogen-bond donors (Lipinski definition) is 1. The van der Waals surface area contributed by atoms with E-state index in [9.17, 15) is 13.2 Å². The van der Waals surface area contributed by atoms with Crippen molar-refractivity contribution in [2.75, 3.05) is 26.4 Å². The van der Waals surface area contributed by atoms with Crippen LogP contribution in [0, 0.1) is 0 Å². The lowest BCUT2D eigenvalue weighted by molar-refractivity contribution is -0.174. The fourth-order valence-corrected chi connectivity index (χ4v) is 1.83. The van der Waals surface area contributed by atoms with Gasteiger partial charge in [-0.3, -0.25) is 0 Å². The van der Waals surface area contributed by atoms with Gasteiger partial charge in [0.1, 0.15) is 6.61 Å². The summed E-state index contributed by atoms with van der Waals surface area (Å²) in [4.78, 5) is 0. The summed E-state index contributed by atoms with van der Waals surface area (Å²) in [5, 5.41) is 3.30. The summed E-state index contributed by atoms with van der Waals surface area (Å²) >= 11 is 0. The number of piperidine rings is 1. The molecule has 1 aliphatic heterocycles. The molecule has 0 aliphatic carbocycles. The quantitative estimate of drug-likeness (QED) is 0.737. The van der Waals surface area contributed by atoms with Gasteiger partial charge in [0.25, 0.3) is 0 Å². The molecule has 102 valence electrons. The molecule has 0 aromatic heterocycles. The number of ether oxygens (including phenoxy) is 2. The second kappa shape index (κ2) is 7.18. The van der Waals surface area contributed by atoms with Crippen LogP contribution in [0.5, 0.6) is 0 Å². The average Bonchev–Trinajstić information content (AvgIpc) is 2.24. The maximum Gasteiger partial charge on any atom is 0.411 e. The molecule has 1 heterocycles. The molecule has 3 nitrogen and oxygen atoms in total. The molecule has 1 fully saturated rings. The van der Waals surface area contributed by atoms with E-state index in [4.69, 9.17) is 4.74 Å². The van der Waals surface area contributed by atoms with Gasteiger partial charge in [0.15, 0.2) is 0 Å². The second-order valence-corrected chi connectivity index (χ2v) is 4.32. The molecule has 1 N–H and O–H groups in total. The van der Waals surface area contributed by atoms with E-state index in [1.165, 1.54) is 0 Å². The number of rotatable bonds is 6. The summed E-state index contributed by atoms with van der Waals surface area (Å²) in [7, 11) is 0. The molecule has 0 aromatic rings. The molecule has 0 spiro atoms. The van der Waals surface area contributed by atoms with Crippen molar-refractivity contribution in [3.8, 4) is 0 Å². The predicted octanol–water partition coefficient (Wildman–Crippen LogP) is 2.11. The Hall–Kier alpha value is -0.330. The Morgan fingerprint density at radius 2 is 2.06 bits per heavy atom. The van der Waals surface area contributed by atoms with Crippen LogP contribution in [0.3, 0.4) is 0 Å². The first kappa shape index (κ1) is 14.7. The summed E-state index contributed by atoms with van der Waals surface area (Å²) in [6.07, 6.45) is -1.47. The summed E-state index contributed by atoms with van der Waals surface area (Å²) in [5.41, 5.74) is 0. The molecule has 0 radical (unpaired) electrons. The van der Waals surface area contributed by atoms with Gasteiger partial charge in [0, 0.05) is 19.3 Å². The van der Waals surface area contributed by atoms with Crippen LogP contribution in [-0.2, 0) is 9.47 Å². The highest BCUT2D eigenvalue weighted by Gasteiger charge is 2.27. The van der Waals surface area contributed by atoms with Crippen LogP contribution in [-0.4, -0.2) is 44.7 Å². The van der Waals surface area contributed by atoms with Crippen LogP contribution in [0.2, 0.25) is 0 Å². The van der Waals surface area contributed by atoms with Crippen molar-refractivity contribution in [2.45, 2.75) is 44.5 Å². The third-order valence-electron chi connectivity index (χ3n) is 2.72. The van der Waals surface area contributed by atoms with Crippen LogP contribution < -0.4 is 5.32 Å². The first-order valence-corrected chi connectivity index (χ1v) is 5.98. The van der Waals surface area contributed by atoms with E-state index in [-0.39, 0.29) is 12.7 Å². The highest BCUT2D eigenvalue weighted by atomic mass is 19.4. The predicted molar refractivity (Wildman–Crippen MR) is 57.9 cm³/mol. The fourth-order valence-electron chi connectivity index (χ4n) is 1.83. The molecule has 1 saturated heterocycles. The van der Waals surface area contributed by atoms with Crippen molar-refractivity contribution in [3.63, 3.8) is 0 Å². The van der Waals surface area contributed by atoms with Crippen molar-refractivity contribution in [2.24, 2.45) is 0 Å². The Morgan fingerprint density at radius 1 is 1.29 bits per heavy atom. The van der Waals surface area contributed by atoms with E-state index in [0.29, 0.717) is 19.1 Å². The lowest BCUT2D eigenvalue weighted by Gasteiger charge is -2.29. The number of alkyl halides is 3. The molecule has 17 heavy (non-hydrogen) atoms. The molecule has 2 unspecified atom stereocenters. The second-order valence-electron chi connectivity index (χ2n) is 4.32. The van der Waals surface area contributed by atoms with Crippen LogP contribution >= 0.6 is 0 Å². The highest BCUT2D eigenvalue weighted by Crippen LogP contribution is 2.15. The Bertz CT molecular complexity index is 211. The summed E-state index contributed by atoms with van der Waals surface area (Å²) in [6.45, 7) is 2.44. The fraction of sp³-hybridized carbons (Fsp3) is 1.00. The third-order valence-corrected chi connectivity index (χ3v) is 2.72. The van der Waals surface area contributed by atoms with Crippen molar-refractivity contribution < 1.29 is 22.6 Å². The van der Waals surface area contributed by atoms with E-state index in [1.807, 2.05) is 0 Å².